The molecule has 1 aliphatic heterocycles. The Morgan fingerprint density at radius 1 is 1.29 bits per heavy atom. The maximum absolute atomic E-state index is 13.5. The van der Waals surface area contributed by atoms with Crippen LogP contribution in [0, 0.1) is 0 Å². The first-order valence-electron chi connectivity index (χ1n) is 7.79. The number of rotatable bonds is 6. The second-order valence-electron chi connectivity index (χ2n) is 5.37. The first-order chi connectivity index (χ1) is 10.2. The molecule has 4 nitrogen and oxygen atoms in total. The molecular weight excluding hydrogens is 269 g/mol. The molecule has 1 atom stereocenters. The van der Waals surface area contributed by atoms with Crippen molar-refractivity contribution in [1.82, 2.24) is 10.2 Å². The number of phenols is 1. The number of phenolic OH excluding ortho intramolecular Hbond substituents is 1. The number of hydrogen-bond acceptors (Lipinski definition) is 4. The van der Waals surface area contributed by atoms with Crippen molar-refractivity contribution in [3.63, 3.8) is 0 Å². The summed E-state index contributed by atoms with van der Waals surface area (Å²) >= 11 is 0. The molecule has 21 heavy (non-hydrogen) atoms. The van der Waals surface area contributed by atoms with Gasteiger partial charge in [-0.25, -0.2) is 4.39 Å². The second-order valence-corrected chi connectivity index (χ2v) is 5.37. The first-order valence-corrected chi connectivity index (χ1v) is 7.79. The highest BCUT2D eigenvalue weighted by Gasteiger charge is 2.24. The summed E-state index contributed by atoms with van der Waals surface area (Å²) in [6, 6.07) is 5.26. The van der Waals surface area contributed by atoms with E-state index in [2.05, 4.69) is 29.0 Å². The Balaban J connectivity index is 2.21. The van der Waals surface area contributed by atoms with Crippen molar-refractivity contribution >= 4 is 5.69 Å². The predicted molar refractivity (Wildman–Crippen MR) is 84.8 cm³/mol. The number of nitrogens with zero attached hydrogens (tertiary/aromatic N) is 2. The molecule has 5 heteroatoms. The van der Waals surface area contributed by atoms with Crippen LogP contribution in [0.5, 0.6) is 5.75 Å². The second kappa shape index (κ2) is 7.61. The van der Waals surface area contributed by atoms with Crippen LogP contribution in [-0.2, 0) is 0 Å². The number of aromatic hydroxyl groups is 1. The fourth-order valence-corrected chi connectivity index (χ4v) is 2.97. The van der Waals surface area contributed by atoms with Gasteiger partial charge in [-0.1, -0.05) is 6.07 Å². The lowest BCUT2D eigenvalue weighted by molar-refractivity contribution is 0.145. The Labute approximate surface area is 126 Å². The average molecular weight is 295 g/mol. The monoisotopic (exact) mass is 295 g/mol. The third-order valence-electron chi connectivity index (χ3n) is 4.24. The van der Waals surface area contributed by atoms with E-state index < -0.39 is 6.67 Å². The van der Waals surface area contributed by atoms with Gasteiger partial charge in [0.15, 0.2) is 0 Å². The molecule has 118 valence electrons. The van der Waals surface area contributed by atoms with Gasteiger partial charge in [-0.2, -0.15) is 0 Å². The molecule has 1 heterocycles. The van der Waals surface area contributed by atoms with Crippen molar-refractivity contribution in [3.05, 3.63) is 23.8 Å². The fourth-order valence-electron chi connectivity index (χ4n) is 2.97. The van der Waals surface area contributed by atoms with Crippen molar-refractivity contribution in [2.75, 3.05) is 50.8 Å². The summed E-state index contributed by atoms with van der Waals surface area (Å²) < 4.78 is 13.5. The van der Waals surface area contributed by atoms with Gasteiger partial charge >= 0.3 is 0 Å². The van der Waals surface area contributed by atoms with Crippen LogP contribution in [-0.4, -0.2) is 55.9 Å². The maximum Gasteiger partial charge on any atom is 0.122 e. The van der Waals surface area contributed by atoms with E-state index in [-0.39, 0.29) is 11.8 Å². The third kappa shape index (κ3) is 3.66. The summed E-state index contributed by atoms with van der Waals surface area (Å²) in [5, 5.41) is 13.6. The van der Waals surface area contributed by atoms with Gasteiger partial charge in [0.2, 0.25) is 0 Å². The molecule has 2 rings (SSSR count). The third-order valence-corrected chi connectivity index (χ3v) is 4.24. The van der Waals surface area contributed by atoms with Gasteiger partial charge in [0.1, 0.15) is 12.4 Å². The quantitative estimate of drug-likeness (QED) is 0.843. The van der Waals surface area contributed by atoms with Crippen LogP contribution >= 0.6 is 0 Å². The molecule has 1 saturated heterocycles. The molecule has 1 aliphatic rings. The Morgan fingerprint density at radius 3 is 2.48 bits per heavy atom. The van der Waals surface area contributed by atoms with Crippen LogP contribution in [0.15, 0.2) is 18.2 Å². The minimum Gasteiger partial charge on any atom is -0.508 e. The van der Waals surface area contributed by atoms with Gasteiger partial charge in [0.05, 0.1) is 6.04 Å². The van der Waals surface area contributed by atoms with Gasteiger partial charge in [0.25, 0.3) is 0 Å². The standard InChI is InChI=1S/C16H26FN3O/c1-3-19(4-2)13-5-6-14(16(21)11-13)15(12-17)20-9-7-18-8-10-20/h5-6,11,15,18,21H,3-4,7-10,12H2,1-2H3/t15-/m0/s1. The average Bonchev–Trinajstić information content (AvgIpc) is 2.52. The van der Waals surface area contributed by atoms with Crippen LogP contribution in [0.4, 0.5) is 10.1 Å². The summed E-state index contributed by atoms with van der Waals surface area (Å²) in [4.78, 5) is 4.27. The van der Waals surface area contributed by atoms with Crippen LogP contribution in [0.2, 0.25) is 0 Å². The summed E-state index contributed by atoms with van der Waals surface area (Å²) in [6.45, 7) is 8.83. The first kappa shape index (κ1) is 16.0. The van der Waals surface area contributed by atoms with Crippen LogP contribution < -0.4 is 10.2 Å². The van der Waals surface area contributed by atoms with E-state index in [0.717, 1.165) is 45.0 Å². The Bertz CT molecular complexity index is 445. The molecule has 0 spiro atoms. The van der Waals surface area contributed by atoms with E-state index in [0.29, 0.717) is 5.56 Å². The van der Waals surface area contributed by atoms with Gasteiger partial charge in [-0.15, -0.1) is 0 Å². The summed E-state index contributed by atoms with van der Waals surface area (Å²) in [5.74, 6) is 0.195. The Morgan fingerprint density at radius 2 is 1.95 bits per heavy atom. The lowest BCUT2D eigenvalue weighted by atomic mass is 10.0. The van der Waals surface area contributed by atoms with Gasteiger partial charge in [0, 0.05) is 56.6 Å². The zero-order chi connectivity index (χ0) is 15.2. The highest BCUT2D eigenvalue weighted by Crippen LogP contribution is 2.32. The van der Waals surface area contributed by atoms with Gasteiger partial charge in [-0.05, 0) is 19.9 Å². The predicted octanol–water partition coefficient (Wildman–Crippen LogP) is 2.15. The van der Waals surface area contributed by atoms with Crippen molar-refractivity contribution in [2.24, 2.45) is 0 Å². The minimum absolute atomic E-state index is 0.195. The highest BCUT2D eigenvalue weighted by molar-refractivity contribution is 5.54. The van der Waals surface area contributed by atoms with Gasteiger partial charge in [-0.3, -0.25) is 4.90 Å². The molecule has 0 saturated carbocycles. The number of piperazine rings is 1. The zero-order valence-corrected chi connectivity index (χ0v) is 13.0. The number of hydrogen-bond donors (Lipinski definition) is 2. The van der Waals surface area contributed by atoms with Crippen LogP contribution in [0.3, 0.4) is 0 Å². The summed E-state index contributed by atoms with van der Waals surface area (Å²) in [6.07, 6.45) is 0. The van der Waals surface area contributed by atoms with E-state index in [1.807, 2.05) is 12.1 Å². The van der Waals surface area contributed by atoms with Crippen molar-refractivity contribution in [3.8, 4) is 5.75 Å². The molecule has 0 aliphatic carbocycles. The van der Waals surface area contributed by atoms with Crippen LogP contribution in [0.25, 0.3) is 0 Å². The van der Waals surface area contributed by atoms with E-state index in [9.17, 15) is 9.50 Å². The number of anilines is 1. The highest BCUT2D eigenvalue weighted by atomic mass is 19.1. The van der Waals surface area contributed by atoms with E-state index in [4.69, 9.17) is 0 Å². The summed E-state index contributed by atoms with van der Waals surface area (Å²) in [5.41, 5.74) is 1.68. The lowest BCUT2D eigenvalue weighted by Gasteiger charge is -2.34. The Kier molecular flexibility index (Phi) is 5.82. The molecule has 0 aromatic heterocycles. The molecule has 0 radical (unpaired) electrons. The van der Waals surface area contributed by atoms with Crippen molar-refractivity contribution in [2.45, 2.75) is 19.9 Å². The number of alkyl halides is 1. The molecule has 1 aromatic rings. The lowest BCUT2D eigenvalue weighted by Crippen LogP contribution is -2.45. The largest absolute Gasteiger partial charge is 0.508 e. The Hall–Kier alpha value is -1.33. The molecule has 1 aromatic carbocycles. The van der Waals surface area contributed by atoms with Gasteiger partial charge < -0.3 is 15.3 Å². The number of nitrogens with one attached hydrogen (secondary N) is 1. The maximum atomic E-state index is 13.5. The van der Waals surface area contributed by atoms with Crippen molar-refractivity contribution in [1.29, 1.82) is 0 Å². The molecule has 2 N–H and O–H groups in total. The minimum atomic E-state index is -0.474. The van der Waals surface area contributed by atoms with E-state index >= 15 is 0 Å². The number of halogens is 1. The fraction of sp³-hybridized carbons (Fsp3) is 0.625. The SMILES string of the molecule is CCN(CC)c1ccc([C@H](CF)N2CCNCC2)c(O)c1. The van der Waals surface area contributed by atoms with E-state index in [1.54, 1.807) is 6.07 Å². The van der Waals surface area contributed by atoms with E-state index in [1.165, 1.54) is 0 Å². The smallest absolute Gasteiger partial charge is 0.122 e. The molecule has 0 amide bonds. The summed E-state index contributed by atoms with van der Waals surface area (Å²) in [7, 11) is 0. The van der Waals surface area contributed by atoms with Crippen LogP contribution in [0.1, 0.15) is 25.5 Å². The molecule has 0 unspecified atom stereocenters. The zero-order valence-electron chi connectivity index (χ0n) is 13.0. The normalized spacial score (nSPS) is 17.7. The molecule has 0 bridgehead atoms. The number of benzene rings is 1. The van der Waals surface area contributed by atoms with Crippen molar-refractivity contribution < 1.29 is 9.50 Å². The molecular formula is C16H26FN3O. The topological polar surface area (TPSA) is 38.7 Å². The molecule has 1 fully saturated rings.